The molecule has 1 aromatic heterocycles. The fraction of sp³-hybridized carbons (Fsp3) is 0.111. The Morgan fingerprint density at radius 2 is 1.31 bits per heavy atom. The first kappa shape index (κ1) is 17.8. The molecule has 0 aliphatic carbocycles. The zero-order valence-corrected chi connectivity index (χ0v) is 14.6. The molecule has 26 heavy (non-hydrogen) atoms. The van der Waals surface area contributed by atoms with Crippen LogP contribution in [0.4, 0.5) is 0 Å². The lowest BCUT2D eigenvalue weighted by atomic mass is 10.2. The van der Waals surface area contributed by atoms with Crippen LogP contribution >= 0.6 is 0 Å². The molecule has 134 valence electrons. The van der Waals surface area contributed by atoms with Crippen LogP contribution < -0.4 is 11.2 Å². The van der Waals surface area contributed by atoms with Crippen molar-refractivity contribution in [2.24, 2.45) is 0 Å². The van der Waals surface area contributed by atoms with Gasteiger partial charge in [0.2, 0.25) is 0 Å². The summed E-state index contributed by atoms with van der Waals surface area (Å²) in [5, 5.41) is 0. The number of hydrogen-bond acceptors (Lipinski definition) is 4. The quantitative estimate of drug-likeness (QED) is 0.684. The van der Waals surface area contributed by atoms with Crippen molar-refractivity contribution in [1.82, 2.24) is 14.3 Å². The molecule has 2 N–H and O–H groups in total. The highest BCUT2D eigenvalue weighted by Crippen LogP contribution is 2.18. The molecule has 0 spiro atoms. The third-order valence-corrected chi connectivity index (χ3v) is 5.60. The van der Waals surface area contributed by atoms with Gasteiger partial charge in [0.25, 0.3) is 15.6 Å². The standard InChI is InChI=1S/C18H17N3O4S/c22-17-16(11-19-18(23)20-17)26(24,25)21(12-14-7-3-1-4-8-14)13-15-9-5-2-6-10-15/h1-11H,12-13H2,(H2,19,20,22,23). The van der Waals surface area contributed by atoms with Crippen LogP contribution in [0.1, 0.15) is 11.1 Å². The second-order valence-corrected chi connectivity index (χ2v) is 7.59. The van der Waals surface area contributed by atoms with Gasteiger partial charge in [-0.2, -0.15) is 4.31 Å². The average Bonchev–Trinajstić information content (AvgIpc) is 2.62. The Hall–Kier alpha value is -2.97. The van der Waals surface area contributed by atoms with E-state index in [0.29, 0.717) is 0 Å². The second-order valence-electron chi connectivity index (χ2n) is 5.68. The molecule has 0 amide bonds. The number of hydrogen-bond donors (Lipinski definition) is 2. The molecule has 7 nitrogen and oxygen atoms in total. The van der Waals surface area contributed by atoms with Crippen LogP contribution in [0.15, 0.2) is 81.3 Å². The van der Waals surface area contributed by atoms with Gasteiger partial charge in [-0.3, -0.25) is 9.78 Å². The van der Waals surface area contributed by atoms with Gasteiger partial charge in [-0.15, -0.1) is 0 Å². The number of aromatic amines is 2. The number of nitrogens with zero attached hydrogens (tertiary/aromatic N) is 1. The van der Waals surface area contributed by atoms with Crippen molar-refractivity contribution in [3.8, 4) is 0 Å². The monoisotopic (exact) mass is 371 g/mol. The van der Waals surface area contributed by atoms with Crippen LogP contribution in [0.25, 0.3) is 0 Å². The lowest BCUT2D eigenvalue weighted by Crippen LogP contribution is -2.36. The zero-order valence-electron chi connectivity index (χ0n) is 13.8. The van der Waals surface area contributed by atoms with E-state index >= 15 is 0 Å². The Morgan fingerprint density at radius 1 is 0.808 bits per heavy atom. The molecule has 3 aromatic rings. The molecule has 0 unspecified atom stereocenters. The predicted octanol–water partition coefficient (Wildman–Crippen LogP) is 1.45. The molecule has 1 heterocycles. The number of nitrogens with one attached hydrogen (secondary N) is 2. The van der Waals surface area contributed by atoms with E-state index in [2.05, 4.69) is 4.98 Å². The molecule has 0 saturated carbocycles. The van der Waals surface area contributed by atoms with Crippen LogP contribution in [0.3, 0.4) is 0 Å². The molecule has 0 bridgehead atoms. The Kier molecular flexibility index (Phi) is 5.15. The maximum Gasteiger partial charge on any atom is 0.325 e. The van der Waals surface area contributed by atoms with E-state index in [0.717, 1.165) is 17.3 Å². The minimum absolute atomic E-state index is 0.0939. The van der Waals surface area contributed by atoms with E-state index < -0.39 is 26.2 Å². The minimum atomic E-state index is -4.13. The highest BCUT2D eigenvalue weighted by atomic mass is 32.2. The first-order valence-corrected chi connectivity index (χ1v) is 9.31. The zero-order chi connectivity index (χ0) is 18.6. The normalized spacial score (nSPS) is 11.6. The van der Waals surface area contributed by atoms with Crippen molar-refractivity contribution in [3.05, 3.63) is 98.8 Å². The molecule has 2 aromatic carbocycles. The van der Waals surface area contributed by atoms with Gasteiger partial charge in [0.05, 0.1) is 0 Å². The van der Waals surface area contributed by atoms with Crippen molar-refractivity contribution in [2.45, 2.75) is 18.0 Å². The van der Waals surface area contributed by atoms with E-state index in [-0.39, 0.29) is 13.1 Å². The molecular formula is C18H17N3O4S. The third-order valence-electron chi connectivity index (χ3n) is 3.81. The predicted molar refractivity (Wildman–Crippen MR) is 97.0 cm³/mol. The van der Waals surface area contributed by atoms with E-state index in [1.165, 1.54) is 4.31 Å². The summed E-state index contributed by atoms with van der Waals surface area (Å²) in [5.41, 5.74) is -0.132. The Labute approximate surface area is 150 Å². The van der Waals surface area contributed by atoms with Crippen LogP contribution in [-0.2, 0) is 23.1 Å². The molecule has 0 radical (unpaired) electrons. The molecule has 8 heteroatoms. The summed E-state index contributed by atoms with van der Waals surface area (Å²) in [6.07, 6.45) is 0.930. The van der Waals surface area contributed by atoms with E-state index in [9.17, 15) is 18.0 Å². The lowest BCUT2D eigenvalue weighted by molar-refractivity contribution is 0.400. The number of benzene rings is 2. The molecule has 3 rings (SSSR count). The minimum Gasteiger partial charge on any atom is -0.313 e. The van der Waals surface area contributed by atoms with Gasteiger partial charge >= 0.3 is 5.69 Å². The van der Waals surface area contributed by atoms with Crippen LogP contribution in [0, 0.1) is 0 Å². The second kappa shape index (κ2) is 7.51. The Balaban J connectivity index is 2.03. The van der Waals surface area contributed by atoms with Gasteiger partial charge in [0, 0.05) is 19.3 Å². The SMILES string of the molecule is O=c1[nH]cc(S(=O)(=O)N(Cc2ccccc2)Cc2ccccc2)c(=O)[nH]1. The Morgan fingerprint density at radius 3 is 1.77 bits per heavy atom. The summed E-state index contributed by atoms with van der Waals surface area (Å²) in [7, 11) is -4.13. The third kappa shape index (κ3) is 3.98. The lowest BCUT2D eigenvalue weighted by Gasteiger charge is -2.22. The summed E-state index contributed by atoms with van der Waals surface area (Å²) in [6.45, 7) is 0.188. The van der Waals surface area contributed by atoms with Gasteiger partial charge in [0.1, 0.15) is 0 Å². The summed E-state index contributed by atoms with van der Waals surface area (Å²) in [4.78, 5) is 26.9. The van der Waals surface area contributed by atoms with E-state index in [1.54, 1.807) is 0 Å². The van der Waals surface area contributed by atoms with Crippen molar-refractivity contribution >= 4 is 10.0 Å². The van der Waals surface area contributed by atoms with Gasteiger partial charge in [-0.25, -0.2) is 13.2 Å². The number of sulfonamides is 1. The van der Waals surface area contributed by atoms with E-state index in [4.69, 9.17) is 0 Å². The topological polar surface area (TPSA) is 103 Å². The van der Waals surface area contributed by atoms with Gasteiger partial charge in [-0.1, -0.05) is 60.7 Å². The largest absolute Gasteiger partial charge is 0.325 e. The summed E-state index contributed by atoms with van der Waals surface area (Å²) >= 11 is 0. The summed E-state index contributed by atoms with van der Waals surface area (Å²) < 4.78 is 27.3. The van der Waals surface area contributed by atoms with Crippen LogP contribution in [-0.4, -0.2) is 22.7 Å². The number of H-pyrrole nitrogens is 2. The summed E-state index contributed by atoms with van der Waals surface area (Å²) in [5.74, 6) is 0. The number of aromatic nitrogens is 2. The first-order valence-electron chi connectivity index (χ1n) is 7.87. The maximum atomic E-state index is 13.1. The van der Waals surface area contributed by atoms with Crippen molar-refractivity contribution < 1.29 is 8.42 Å². The van der Waals surface area contributed by atoms with Crippen LogP contribution in [0.5, 0.6) is 0 Å². The maximum absolute atomic E-state index is 13.1. The molecule has 0 saturated heterocycles. The highest BCUT2D eigenvalue weighted by molar-refractivity contribution is 7.89. The fourth-order valence-electron chi connectivity index (χ4n) is 2.53. The Bertz CT molecular complexity index is 1050. The highest BCUT2D eigenvalue weighted by Gasteiger charge is 2.28. The van der Waals surface area contributed by atoms with Crippen molar-refractivity contribution in [1.29, 1.82) is 0 Å². The van der Waals surface area contributed by atoms with Crippen LogP contribution in [0.2, 0.25) is 0 Å². The van der Waals surface area contributed by atoms with E-state index in [1.807, 2.05) is 65.6 Å². The van der Waals surface area contributed by atoms with Gasteiger partial charge in [-0.05, 0) is 11.1 Å². The first-order chi connectivity index (χ1) is 12.5. The van der Waals surface area contributed by atoms with Crippen molar-refractivity contribution in [3.63, 3.8) is 0 Å². The van der Waals surface area contributed by atoms with Crippen molar-refractivity contribution in [2.75, 3.05) is 0 Å². The summed E-state index contributed by atoms with van der Waals surface area (Å²) in [6, 6.07) is 18.2. The molecule has 0 atom stereocenters. The number of rotatable bonds is 6. The van der Waals surface area contributed by atoms with Gasteiger partial charge < -0.3 is 4.98 Å². The molecule has 0 fully saturated rings. The molecule has 0 aliphatic rings. The molecule has 0 aliphatic heterocycles. The molecular weight excluding hydrogens is 354 g/mol. The fourth-order valence-corrected chi connectivity index (χ4v) is 3.94. The smallest absolute Gasteiger partial charge is 0.313 e. The van der Waals surface area contributed by atoms with Gasteiger partial charge in [0.15, 0.2) is 4.90 Å². The average molecular weight is 371 g/mol.